The topological polar surface area (TPSA) is 28.4 Å². The molecule has 1 aromatic carbocycles. The van der Waals surface area contributed by atoms with Crippen LogP contribution < -0.4 is 5.32 Å². The van der Waals surface area contributed by atoms with Crippen LogP contribution in [0.4, 0.5) is 0 Å². The van der Waals surface area contributed by atoms with Gasteiger partial charge in [-0.2, -0.15) is 0 Å². The van der Waals surface area contributed by atoms with Crippen molar-refractivity contribution in [3.63, 3.8) is 0 Å². The third-order valence-corrected chi connectivity index (χ3v) is 4.69. The molecular weight excluding hydrogens is 272 g/mol. The van der Waals surface area contributed by atoms with Crippen molar-refractivity contribution in [2.24, 2.45) is 5.92 Å². The van der Waals surface area contributed by atoms with E-state index in [0.717, 1.165) is 24.1 Å². The SMILES string of the molecule is Cl.c1ccc2c(CN3CCC4NCCC4C3)coc2c1. The number of benzene rings is 1. The van der Waals surface area contributed by atoms with Gasteiger partial charge in [-0.25, -0.2) is 0 Å². The van der Waals surface area contributed by atoms with Crippen LogP contribution in [0.25, 0.3) is 11.0 Å². The number of para-hydroxylation sites is 1. The fourth-order valence-electron chi connectivity index (χ4n) is 3.66. The van der Waals surface area contributed by atoms with Crippen LogP contribution in [-0.4, -0.2) is 30.6 Å². The van der Waals surface area contributed by atoms with Gasteiger partial charge < -0.3 is 9.73 Å². The van der Waals surface area contributed by atoms with Gasteiger partial charge in [0.2, 0.25) is 0 Å². The van der Waals surface area contributed by atoms with Gasteiger partial charge in [-0.3, -0.25) is 4.90 Å². The molecule has 108 valence electrons. The van der Waals surface area contributed by atoms with Crippen molar-refractivity contribution >= 4 is 23.4 Å². The number of likely N-dealkylation sites (tertiary alicyclic amines) is 1. The van der Waals surface area contributed by atoms with E-state index in [-0.39, 0.29) is 12.4 Å². The molecule has 0 bridgehead atoms. The summed E-state index contributed by atoms with van der Waals surface area (Å²) in [4.78, 5) is 2.59. The summed E-state index contributed by atoms with van der Waals surface area (Å²) in [6.07, 6.45) is 4.57. The lowest BCUT2D eigenvalue weighted by molar-refractivity contribution is 0.156. The summed E-state index contributed by atoms with van der Waals surface area (Å²) in [5.74, 6) is 0.854. The third kappa shape index (κ3) is 2.46. The Morgan fingerprint density at radius 3 is 3.10 bits per heavy atom. The molecule has 0 saturated carbocycles. The predicted octanol–water partition coefficient (Wildman–Crippen LogP) is 3.04. The molecule has 0 radical (unpaired) electrons. The highest BCUT2D eigenvalue weighted by Crippen LogP contribution is 2.27. The standard InChI is InChI=1S/C16H20N2O.ClH/c1-2-4-16-14(3-1)13(11-19-16)10-18-8-6-15-12(9-18)5-7-17-15;/h1-4,11-12,15,17H,5-10H2;1H. The first-order valence-corrected chi connectivity index (χ1v) is 7.31. The van der Waals surface area contributed by atoms with Gasteiger partial charge in [0.25, 0.3) is 0 Å². The largest absolute Gasteiger partial charge is 0.464 e. The van der Waals surface area contributed by atoms with Gasteiger partial charge in [0.1, 0.15) is 5.58 Å². The van der Waals surface area contributed by atoms with Crippen molar-refractivity contribution in [1.29, 1.82) is 0 Å². The average Bonchev–Trinajstić information content (AvgIpc) is 3.06. The van der Waals surface area contributed by atoms with Gasteiger partial charge in [-0.15, -0.1) is 12.4 Å². The lowest BCUT2D eigenvalue weighted by atomic mass is 9.93. The van der Waals surface area contributed by atoms with Crippen LogP contribution in [0, 0.1) is 5.92 Å². The van der Waals surface area contributed by atoms with Crippen molar-refractivity contribution in [3.8, 4) is 0 Å². The molecule has 2 atom stereocenters. The predicted molar refractivity (Wildman–Crippen MR) is 83.3 cm³/mol. The monoisotopic (exact) mass is 292 g/mol. The molecule has 2 saturated heterocycles. The van der Waals surface area contributed by atoms with E-state index in [1.807, 2.05) is 18.4 Å². The molecule has 0 spiro atoms. The maximum Gasteiger partial charge on any atom is 0.134 e. The maximum absolute atomic E-state index is 5.64. The molecule has 20 heavy (non-hydrogen) atoms. The van der Waals surface area contributed by atoms with Crippen LogP contribution in [-0.2, 0) is 6.54 Å². The zero-order valence-corrected chi connectivity index (χ0v) is 12.4. The summed E-state index contributed by atoms with van der Waals surface area (Å²) < 4.78 is 5.64. The zero-order valence-electron chi connectivity index (χ0n) is 11.5. The number of nitrogens with one attached hydrogen (secondary N) is 1. The molecule has 3 heterocycles. The Balaban J connectivity index is 0.00000121. The Kier molecular flexibility index (Phi) is 4.01. The minimum atomic E-state index is 0. The summed E-state index contributed by atoms with van der Waals surface area (Å²) in [7, 11) is 0. The van der Waals surface area contributed by atoms with Gasteiger partial charge in [0.15, 0.2) is 0 Å². The summed E-state index contributed by atoms with van der Waals surface area (Å²) in [6, 6.07) is 9.11. The van der Waals surface area contributed by atoms with Crippen LogP contribution >= 0.6 is 12.4 Å². The van der Waals surface area contributed by atoms with Gasteiger partial charge in [0.05, 0.1) is 6.26 Å². The highest BCUT2D eigenvalue weighted by atomic mass is 35.5. The van der Waals surface area contributed by atoms with Crippen LogP contribution in [0.5, 0.6) is 0 Å². The van der Waals surface area contributed by atoms with Gasteiger partial charge >= 0.3 is 0 Å². The lowest BCUT2D eigenvalue weighted by Gasteiger charge is -2.34. The van der Waals surface area contributed by atoms with E-state index in [2.05, 4.69) is 22.3 Å². The molecule has 2 unspecified atom stereocenters. The van der Waals surface area contributed by atoms with Crippen molar-refractivity contribution in [2.75, 3.05) is 19.6 Å². The number of nitrogens with zero attached hydrogens (tertiary/aromatic N) is 1. The number of piperidine rings is 1. The molecule has 0 aliphatic carbocycles. The van der Waals surface area contributed by atoms with Crippen LogP contribution in [0.1, 0.15) is 18.4 Å². The van der Waals surface area contributed by atoms with Gasteiger partial charge in [0, 0.05) is 30.1 Å². The van der Waals surface area contributed by atoms with Crippen molar-refractivity contribution < 1.29 is 4.42 Å². The number of hydrogen-bond donors (Lipinski definition) is 1. The second-order valence-corrected chi connectivity index (χ2v) is 5.89. The van der Waals surface area contributed by atoms with Crippen molar-refractivity contribution in [1.82, 2.24) is 10.2 Å². The van der Waals surface area contributed by atoms with E-state index in [1.54, 1.807) is 0 Å². The Bertz CT molecular complexity index is 583. The first kappa shape index (κ1) is 13.9. The minimum Gasteiger partial charge on any atom is -0.464 e. The highest BCUT2D eigenvalue weighted by molar-refractivity contribution is 5.85. The van der Waals surface area contributed by atoms with E-state index in [1.165, 1.54) is 43.4 Å². The molecule has 2 aromatic rings. The number of rotatable bonds is 2. The summed E-state index contributed by atoms with van der Waals surface area (Å²) >= 11 is 0. The first-order valence-electron chi connectivity index (χ1n) is 7.31. The third-order valence-electron chi connectivity index (χ3n) is 4.69. The highest BCUT2D eigenvalue weighted by Gasteiger charge is 2.32. The Morgan fingerprint density at radius 1 is 1.25 bits per heavy atom. The number of fused-ring (bicyclic) bond motifs is 2. The molecule has 2 aliphatic rings. The van der Waals surface area contributed by atoms with Gasteiger partial charge in [-0.05, 0) is 37.9 Å². The molecule has 4 rings (SSSR count). The van der Waals surface area contributed by atoms with Crippen molar-refractivity contribution in [2.45, 2.75) is 25.4 Å². The van der Waals surface area contributed by atoms with E-state index in [0.29, 0.717) is 0 Å². The van der Waals surface area contributed by atoms with E-state index < -0.39 is 0 Å². The molecule has 0 amide bonds. The average molecular weight is 293 g/mol. The second kappa shape index (κ2) is 5.76. The number of hydrogen-bond acceptors (Lipinski definition) is 3. The van der Waals surface area contributed by atoms with E-state index in [4.69, 9.17) is 4.42 Å². The second-order valence-electron chi connectivity index (χ2n) is 5.89. The molecule has 1 aromatic heterocycles. The fraction of sp³-hybridized carbons (Fsp3) is 0.500. The molecule has 1 N–H and O–H groups in total. The fourth-order valence-corrected chi connectivity index (χ4v) is 3.66. The van der Waals surface area contributed by atoms with Crippen LogP contribution in [0.2, 0.25) is 0 Å². The number of halogens is 1. The molecule has 2 fully saturated rings. The molecule has 3 nitrogen and oxygen atoms in total. The Morgan fingerprint density at radius 2 is 2.15 bits per heavy atom. The minimum absolute atomic E-state index is 0. The first-order chi connectivity index (χ1) is 9.40. The van der Waals surface area contributed by atoms with Crippen molar-refractivity contribution in [3.05, 3.63) is 36.1 Å². The Hall–Kier alpha value is -1.03. The van der Waals surface area contributed by atoms with Crippen LogP contribution in [0.15, 0.2) is 34.9 Å². The van der Waals surface area contributed by atoms with Gasteiger partial charge in [-0.1, -0.05) is 18.2 Å². The van der Waals surface area contributed by atoms with E-state index in [9.17, 15) is 0 Å². The Labute approximate surface area is 125 Å². The molecule has 4 heteroatoms. The normalized spacial score (nSPS) is 26.4. The molecular formula is C16H21ClN2O. The summed E-state index contributed by atoms with van der Waals surface area (Å²) in [5, 5.41) is 4.89. The quantitative estimate of drug-likeness (QED) is 0.922. The maximum atomic E-state index is 5.64. The smallest absolute Gasteiger partial charge is 0.134 e. The van der Waals surface area contributed by atoms with Crippen LogP contribution in [0.3, 0.4) is 0 Å². The lowest BCUT2D eigenvalue weighted by Crippen LogP contribution is -2.43. The number of furan rings is 1. The molecule has 2 aliphatic heterocycles. The summed E-state index contributed by atoms with van der Waals surface area (Å²) in [6.45, 7) is 4.67. The zero-order chi connectivity index (χ0) is 12.7. The summed E-state index contributed by atoms with van der Waals surface area (Å²) in [5.41, 5.74) is 2.34. The van der Waals surface area contributed by atoms with E-state index >= 15 is 0 Å².